The summed E-state index contributed by atoms with van der Waals surface area (Å²) >= 11 is 0. The van der Waals surface area contributed by atoms with Crippen LogP contribution in [0.4, 0.5) is 5.69 Å². The summed E-state index contributed by atoms with van der Waals surface area (Å²) in [5, 5.41) is 12.0. The minimum Gasteiger partial charge on any atom is -0.497 e. The molecule has 1 aromatic heterocycles. The molecule has 0 bridgehead atoms. The van der Waals surface area contributed by atoms with E-state index in [9.17, 15) is 4.79 Å². The van der Waals surface area contributed by atoms with E-state index < -0.39 is 0 Å². The fourth-order valence-electron chi connectivity index (χ4n) is 2.72. The zero-order valence-corrected chi connectivity index (χ0v) is 15.8. The van der Waals surface area contributed by atoms with Crippen molar-refractivity contribution in [1.29, 1.82) is 0 Å². The van der Waals surface area contributed by atoms with Gasteiger partial charge in [-0.3, -0.25) is 4.79 Å². The number of benzene rings is 2. The smallest absolute Gasteiger partial charge is 0.255 e. The summed E-state index contributed by atoms with van der Waals surface area (Å²) < 4.78 is 21.4. The number of anilines is 1. The lowest BCUT2D eigenvalue weighted by Crippen LogP contribution is -2.12. The molecular formula is C21H21NO6. The minimum absolute atomic E-state index is 0.180. The maximum absolute atomic E-state index is 12.6. The normalized spacial score (nSPS) is 10.4. The molecule has 0 fully saturated rings. The molecule has 1 heterocycles. The molecule has 0 saturated heterocycles. The molecule has 0 aliphatic carbocycles. The molecule has 7 heteroatoms. The Kier molecular flexibility index (Phi) is 5.86. The summed E-state index contributed by atoms with van der Waals surface area (Å²) in [5.41, 5.74) is 1.67. The van der Waals surface area contributed by atoms with Crippen LogP contribution in [0.2, 0.25) is 0 Å². The molecule has 3 rings (SSSR count). The van der Waals surface area contributed by atoms with Crippen LogP contribution in [0.25, 0.3) is 11.3 Å². The summed E-state index contributed by atoms with van der Waals surface area (Å²) in [4.78, 5) is 12.6. The lowest BCUT2D eigenvalue weighted by molar-refractivity contribution is 0.102. The molecule has 28 heavy (non-hydrogen) atoms. The van der Waals surface area contributed by atoms with Crippen molar-refractivity contribution < 1.29 is 28.5 Å². The van der Waals surface area contributed by atoms with Crippen molar-refractivity contribution in [3.63, 3.8) is 0 Å². The van der Waals surface area contributed by atoms with Crippen molar-refractivity contribution in [2.75, 3.05) is 26.6 Å². The Morgan fingerprint density at radius 2 is 1.68 bits per heavy atom. The number of carbonyl (C=O) groups excluding carboxylic acids is 1. The fraction of sp³-hybridized carbons (Fsp3) is 0.190. The number of ether oxygens (including phenoxy) is 3. The van der Waals surface area contributed by atoms with Gasteiger partial charge in [-0.1, -0.05) is 0 Å². The van der Waals surface area contributed by atoms with Crippen LogP contribution >= 0.6 is 0 Å². The third-order valence-electron chi connectivity index (χ3n) is 4.16. The number of aliphatic hydroxyl groups excluding tert-OH is 1. The fourth-order valence-corrected chi connectivity index (χ4v) is 2.72. The number of nitrogens with one attached hydrogen (secondary N) is 1. The third-order valence-corrected chi connectivity index (χ3v) is 4.16. The molecule has 0 unspecified atom stereocenters. The molecule has 0 aliphatic heterocycles. The second-order valence-corrected chi connectivity index (χ2v) is 5.89. The number of methoxy groups -OCH3 is 3. The molecule has 0 radical (unpaired) electrons. The quantitative estimate of drug-likeness (QED) is 0.646. The van der Waals surface area contributed by atoms with E-state index in [-0.39, 0.29) is 12.5 Å². The van der Waals surface area contributed by atoms with Crippen molar-refractivity contribution in [3.8, 4) is 28.6 Å². The number of hydrogen-bond acceptors (Lipinski definition) is 6. The summed E-state index contributed by atoms with van der Waals surface area (Å²) in [6, 6.07) is 13.6. The highest BCUT2D eigenvalue weighted by atomic mass is 16.5. The predicted octanol–water partition coefficient (Wildman–Crippen LogP) is 3.72. The minimum atomic E-state index is -0.312. The Bertz CT molecular complexity index is 957. The molecule has 2 aromatic carbocycles. The molecule has 3 aromatic rings. The maximum atomic E-state index is 12.6. The van der Waals surface area contributed by atoms with Crippen LogP contribution in [0.3, 0.4) is 0 Å². The second kappa shape index (κ2) is 8.49. The van der Waals surface area contributed by atoms with E-state index in [1.165, 1.54) is 21.3 Å². The van der Waals surface area contributed by atoms with Gasteiger partial charge in [-0.05, 0) is 36.4 Å². The Morgan fingerprint density at radius 1 is 0.964 bits per heavy atom. The summed E-state index contributed by atoms with van der Waals surface area (Å²) in [7, 11) is 4.58. The molecule has 0 spiro atoms. The number of amides is 1. The van der Waals surface area contributed by atoms with Crippen LogP contribution in [0.15, 0.2) is 52.9 Å². The van der Waals surface area contributed by atoms with Gasteiger partial charge in [-0.15, -0.1) is 0 Å². The molecule has 146 valence electrons. The number of carbonyl (C=O) groups is 1. The molecule has 7 nitrogen and oxygen atoms in total. The molecule has 2 N–H and O–H groups in total. The van der Waals surface area contributed by atoms with Gasteiger partial charge in [-0.25, -0.2) is 0 Å². The van der Waals surface area contributed by atoms with Gasteiger partial charge in [0.1, 0.15) is 35.4 Å². The van der Waals surface area contributed by atoms with E-state index >= 15 is 0 Å². The second-order valence-electron chi connectivity index (χ2n) is 5.89. The van der Waals surface area contributed by atoms with Crippen molar-refractivity contribution in [3.05, 3.63) is 59.9 Å². The molecule has 0 atom stereocenters. The average molecular weight is 383 g/mol. The first-order chi connectivity index (χ1) is 13.6. The molecule has 0 aliphatic rings. The largest absolute Gasteiger partial charge is 0.497 e. The molecule has 0 saturated carbocycles. The lowest BCUT2D eigenvalue weighted by Gasteiger charge is -2.12. The highest BCUT2D eigenvalue weighted by Crippen LogP contribution is 2.34. The topological polar surface area (TPSA) is 90.2 Å². The van der Waals surface area contributed by atoms with Crippen molar-refractivity contribution in [2.45, 2.75) is 6.61 Å². The van der Waals surface area contributed by atoms with Gasteiger partial charge in [0.25, 0.3) is 5.91 Å². The predicted molar refractivity (Wildman–Crippen MR) is 104 cm³/mol. The number of aliphatic hydroxyl groups is 1. The molecular weight excluding hydrogens is 362 g/mol. The highest BCUT2D eigenvalue weighted by Gasteiger charge is 2.14. The van der Waals surface area contributed by atoms with E-state index in [4.69, 9.17) is 23.7 Å². The van der Waals surface area contributed by atoms with E-state index in [0.29, 0.717) is 45.6 Å². The van der Waals surface area contributed by atoms with E-state index in [1.807, 2.05) is 0 Å². The summed E-state index contributed by atoms with van der Waals surface area (Å²) in [5.74, 6) is 2.29. The van der Waals surface area contributed by atoms with Crippen LogP contribution in [0.5, 0.6) is 17.2 Å². The zero-order chi connectivity index (χ0) is 20.1. The Hall–Kier alpha value is -3.45. The van der Waals surface area contributed by atoms with Gasteiger partial charge in [-0.2, -0.15) is 0 Å². The van der Waals surface area contributed by atoms with Crippen molar-refractivity contribution in [2.24, 2.45) is 0 Å². The van der Waals surface area contributed by atoms with Crippen LogP contribution in [-0.4, -0.2) is 32.3 Å². The summed E-state index contributed by atoms with van der Waals surface area (Å²) in [6.45, 7) is -0.180. The Labute approximate surface area is 162 Å². The Morgan fingerprint density at radius 3 is 2.25 bits per heavy atom. The first-order valence-corrected chi connectivity index (χ1v) is 8.50. The Balaban J connectivity index is 1.85. The number of rotatable bonds is 7. The average Bonchev–Trinajstić information content (AvgIpc) is 3.22. The van der Waals surface area contributed by atoms with Gasteiger partial charge in [0.15, 0.2) is 0 Å². The van der Waals surface area contributed by atoms with Crippen LogP contribution < -0.4 is 19.5 Å². The third kappa shape index (κ3) is 4.10. The van der Waals surface area contributed by atoms with E-state index in [0.717, 1.165) is 0 Å². The summed E-state index contributed by atoms with van der Waals surface area (Å²) in [6.07, 6.45) is 0. The van der Waals surface area contributed by atoms with Gasteiger partial charge < -0.3 is 29.1 Å². The van der Waals surface area contributed by atoms with E-state index in [1.54, 1.807) is 48.5 Å². The number of hydrogen-bond donors (Lipinski definition) is 2. The van der Waals surface area contributed by atoms with Crippen molar-refractivity contribution in [1.82, 2.24) is 0 Å². The van der Waals surface area contributed by atoms with Gasteiger partial charge in [0.2, 0.25) is 0 Å². The van der Waals surface area contributed by atoms with Crippen LogP contribution in [0, 0.1) is 0 Å². The monoisotopic (exact) mass is 383 g/mol. The van der Waals surface area contributed by atoms with Gasteiger partial charge in [0, 0.05) is 23.4 Å². The molecule has 1 amide bonds. The van der Waals surface area contributed by atoms with E-state index in [2.05, 4.69) is 5.32 Å². The standard InChI is InChI=1S/C21H21NO6/c1-25-16-8-13(9-17(11-16)26-2)21(24)22-14-4-6-18(20(10-14)27-3)19-7-5-15(12-23)28-19/h4-11,23H,12H2,1-3H3,(H,22,24). The van der Waals surface area contributed by atoms with Gasteiger partial charge in [0.05, 0.1) is 26.9 Å². The number of furan rings is 1. The van der Waals surface area contributed by atoms with Crippen LogP contribution in [0.1, 0.15) is 16.1 Å². The highest BCUT2D eigenvalue weighted by molar-refractivity contribution is 6.05. The van der Waals surface area contributed by atoms with Crippen LogP contribution in [-0.2, 0) is 6.61 Å². The SMILES string of the molecule is COc1cc(OC)cc(C(=O)Nc2ccc(-c3ccc(CO)o3)c(OC)c2)c1. The van der Waals surface area contributed by atoms with Gasteiger partial charge >= 0.3 is 0 Å². The van der Waals surface area contributed by atoms with Crippen molar-refractivity contribution >= 4 is 11.6 Å². The lowest BCUT2D eigenvalue weighted by atomic mass is 10.1. The first-order valence-electron chi connectivity index (χ1n) is 8.50. The first kappa shape index (κ1) is 19.3. The zero-order valence-electron chi connectivity index (χ0n) is 15.8. The maximum Gasteiger partial charge on any atom is 0.255 e.